The van der Waals surface area contributed by atoms with Crippen LogP contribution in [0.25, 0.3) is 11.5 Å². The van der Waals surface area contributed by atoms with Crippen LogP contribution in [0.3, 0.4) is 0 Å². The number of benzene rings is 1. The van der Waals surface area contributed by atoms with Crippen molar-refractivity contribution in [2.75, 3.05) is 7.05 Å². The van der Waals surface area contributed by atoms with Crippen LogP contribution in [-0.4, -0.2) is 12.0 Å². The summed E-state index contributed by atoms with van der Waals surface area (Å²) in [6.45, 7) is 2.03. The van der Waals surface area contributed by atoms with Gasteiger partial charge in [-0.15, -0.1) is 0 Å². The quantitative estimate of drug-likeness (QED) is 0.889. The lowest BCUT2D eigenvalue weighted by molar-refractivity contribution is 0.564. The van der Waals surface area contributed by atoms with Gasteiger partial charge < -0.3 is 9.73 Å². The standard InChI is InChI=1S/C12H13ClN2O/c1-8(14-2)11-7-16-12(15-11)9-3-5-10(13)6-4-9/h3-8,14H,1-2H3. The minimum absolute atomic E-state index is 0.185. The van der Waals surface area contributed by atoms with E-state index in [1.165, 1.54) is 0 Å². The SMILES string of the molecule is CNC(C)c1coc(-c2ccc(Cl)cc2)n1. The Morgan fingerprint density at radius 1 is 1.31 bits per heavy atom. The van der Waals surface area contributed by atoms with E-state index in [9.17, 15) is 0 Å². The zero-order valence-corrected chi connectivity index (χ0v) is 9.95. The molecule has 0 aliphatic carbocycles. The molecule has 0 amide bonds. The summed E-state index contributed by atoms with van der Waals surface area (Å²) in [5.41, 5.74) is 1.83. The second kappa shape index (κ2) is 4.68. The first-order valence-corrected chi connectivity index (χ1v) is 5.47. The lowest BCUT2D eigenvalue weighted by Crippen LogP contribution is -2.12. The molecule has 1 aromatic heterocycles. The lowest BCUT2D eigenvalue weighted by Gasteiger charge is -2.03. The van der Waals surface area contributed by atoms with Gasteiger partial charge in [0, 0.05) is 16.6 Å². The first-order chi connectivity index (χ1) is 7.70. The Bertz CT molecular complexity index is 464. The van der Waals surface area contributed by atoms with Crippen LogP contribution in [0, 0.1) is 0 Å². The maximum atomic E-state index is 5.82. The highest BCUT2D eigenvalue weighted by atomic mass is 35.5. The van der Waals surface area contributed by atoms with Crippen molar-refractivity contribution in [2.24, 2.45) is 0 Å². The molecule has 1 heterocycles. The molecule has 1 unspecified atom stereocenters. The van der Waals surface area contributed by atoms with Gasteiger partial charge in [-0.3, -0.25) is 0 Å². The largest absolute Gasteiger partial charge is 0.444 e. The number of oxazole rings is 1. The summed E-state index contributed by atoms with van der Waals surface area (Å²) in [4.78, 5) is 4.41. The van der Waals surface area contributed by atoms with Gasteiger partial charge in [-0.2, -0.15) is 0 Å². The predicted octanol–water partition coefficient (Wildman–Crippen LogP) is 3.28. The van der Waals surface area contributed by atoms with Gasteiger partial charge in [0.2, 0.25) is 5.89 Å². The van der Waals surface area contributed by atoms with Crippen molar-refractivity contribution in [3.63, 3.8) is 0 Å². The van der Waals surface area contributed by atoms with Crippen molar-refractivity contribution in [1.29, 1.82) is 0 Å². The lowest BCUT2D eigenvalue weighted by atomic mass is 10.2. The molecule has 0 radical (unpaired) electrons. The molecule has 2 rings (SSSR count). The molecular formula is C12H13ClN2O. The Labute approximate surface area is 99.5 Å². The Morgan fingerprint density at radius 2 is 2.00 bits per heavy atom. The van der Waals surface area contributed by atoms with E-state index in [1.807, 2.05) is 38.2 Å². The number of hydrogen-bond acceptors (Lipinski definition) is 3. The maximum absolute atomic E-state index is 5.82. The Kier molecular flexibility index (Phi) is 3.27. The van der Waals surface area contributed by atoms with Crippen molar-refractivity contribution >= 4 is 11.6 Å². The van der Waals surface area contributed by atoms with Crippen LogP contribution in [-0.2, 0) is 0 Å². The Balaban J connectivity index is 2.28. The molecule has 3 nitrogen and oxygen atoms in total. The monoisotopic (exact) mass is 236 g/mol. The fourth-order valence-corrected chi connectivity index (χ4v) is 1.48. The number of rotatable bonds is 3. The van der Waals surface area contributed by atoms with Crippen LogP contribution in [0.15, 0.2) is 34.9 Å². The third-order valence-electron chi connectivity index (χ3n) is 2.49. The molecule has 0 saturated carbocycles. The summed E-state index contributed by atoms with van der Waals surface area (Å²) >= 11 is 5.82. The molecule has 16 heavy (non-hydrogen) atoms. The van der Waals surface area contributed by atoms with E-state index >= 15 is 0 Å². The second-order valence-electron chi connectivity index (χ2n) is 3.59. The average molecular weight is 237 g/mol. The minimum Gasteiger partial charge on any atom is -0.444 e. The Hall–Kier alpha value is -1.32. The highest BCUT2D eigenvalue weighted by molar-refractivity contribution is 6.30. The molecule has 1 N–H and O–H groups in total. The number of aromatic nitrogens is 1. The third kappa shape index (κ3) is 2.26. The van der Waals surface area contributed by atoms with E-state index in [2.05, 4.69) is 10.3 Å². The maximum Gasteiger partial charge on any atom is 0.226 e. The highest BCUT2D eigenvalue weighted by Crippen LogP contribution is 2.22. The van der Waals surface area contributed by atoms with Crippen LogP contribution in [0.4, 0.5) is 0 Å². The number of halogens is 1. The number of nitrogens with one attached hydrogen (secondary N) is 1. The fraction of sp³-hybridized carbons (Fsp3) is 0.250. The van der Waals surface area contributed by atoms with Gasteiger partial charge in [0.05, 0.1) is 5.69 Å². The fourth-order valence-electron chi connectivity index (χ4n) is 1.36. The zero-order valence-electron chi connectivity index (χ0n) is 9.20. The van der Waals surface area contributed by atoms with Crippen molar-refractivity contribution in [1.82, 2.24) is 10.3 Å². The van der Waals surface area contributed by atoms with Crippen molar-refractivity contribution in [3.8, 4) is 11.5 Å². The second-order valence-corrected chi connectivity index (χ2v) is 4.03. The van der Waals surface area contributed by atoms with Crippen LogP contribution in [0.2, 0.25) is 5.02 Å². The third-order valence-corrected chi connectivity index (χ3v) is 2.74. The van der Waals surface area contributed by atoms with Crippen molar-refractivity contribution in [3.05, 3.63) is 41.2 Å². The molecule has 0 fully saturated rings. The van der Waals surface area contributed by atoms with Gasteiger partial charge in [-0.25, -0.2) is 4.98 Å². The summed E-state index contributed by atoms with van der Waals surface area (Å²) < 4.78 is 5.42. The molecule has 1 atom stereocenters. The van der Waals surface area contributed by atoms with Gasteiger partial charge in [-0.1, -0.05) is 11.6 Å². The van der Waals surface area contributed by atoms with Gasteiger partial charge in [-0.05, 0) is 38.2 Å². The average Bonchev–Trinajstić information content (AvgIpc) is 2.78. The molecule has 0 spiro atoms. The molecule has 0 bridgehead atoms. The molecular weight excluding hydrogens is 224 g/mol. The van der Waals surface area contributed by atoms with Crippen molar-refractivity contribution in [2.45, 2.75) is 13.0 Å². The zero-order chi connectivity index (χ0) is 11.5. The van der Waals surface area contributed by atoms with Gasteiger partial charge in [0.25, 0.3) is 0 Å². The van der Waals surface area contributed by atoms with E-state index < -0.39 is 0 Å². The van der Waals surface area contributed by atoms with E-state index in [-0.39, 0.29) is 6.04 Å². The Morgan fingerprint density at radius 3 is 2.62 bits per heavy atom. The number of hydrogen-bond donors (Lipinski definition) is 1. The first kappa shape index (κ1) is 11.2. The van der Waals surface area contributed by atoms with Gasteiger partial charge >= 0.3 is 0 Å². The summed E-state index contributed by atoms with van der Waals surface area (Å²) in [7, 11) is 1.89. The van der Waals surface area contributed by atoms with Crippen LogP contribution < -0.4 is 5.32 Å². The highest BCUT2D eigenvalue weighted by Gasteiger charge is 2.10. The van der Waals surface area contributed by atoms with E-state index in [0.29, 0.717) is 10.9 Å². The van der Waals surface area contributed by atoms with E-state index in [0.717, 1.165) is 11.3 Å². The normalized spacial score (nSPS) is 12.7. The summed E-state index contributed by atoms with van der Waals surface area (Å²) in [5, 5.41) is 3.82. The summed E-state index contributed by atoms with van der Waals surface area (Å²) in [5.74, 6) is 0.619. The summed E-state index contributed by atoms with van der Waals surface area (Å²) in [6.07, 6.45) is 1.67. The molecule has 84 valence electrons. The summed E-state index contributed by atoms with van der Waals surface area (Å²) in [6, 6.07) is 7.61. The van der Waals surface area contributed by atoms with Gasteiger partial charge in [0.15, 0.2) is 0 Å². The molecule has 0 aliphatic heterocycles. The topological polar surface area (TPSA) is 38.1 Å². The molecule has 0 aliphatic rings. The smallest absolute Gasteiger partial charge is 0.226 e. The molecule has 1 aromatic carbocycles. The van der Waals surface area contributed by atoms with Crippen molar-refractivity contribution < 1.29 is 4.42 Å². The van der Waals surface area contributed by atoms with Gasteiger partial charge in [0.1, 0.15) is 6.26 Å². The molecule has 2 aromatic rings. The minimum atomic E-state index is 0.185. The van der Waals surface area contributed by atoms with E-state index in [1.54, 1.807) is 6.26 Å². The van der Waals surface area contributed by atoms with Crippen LogP contribution in [0.5, 0.6) is 0 Å². The van der Waals surface area contributed by atoms with Crippen LogP contribution >= 0.6 is 11.6 Å². The van der Waals surface area contributed by atoms with Crippen LogP contribution in [0.1, 0.15) is 18.7 Å². The van der Waals surface area contributed by atoms with E-state index in [4.69, 9.17) is 16.0 Å². The number of nitrogens with zero attached hydrogens (tertiary/aromatic N) is 1. The molecule has 0 saturated heterocycles. The predicted molar refractivity (Wildman–Crippen MR) is 64.4 cm³/mol. The molecule has 4 heteroatoms. The first-order valence-electron chi connectivity index (χ1n) is 5.09.